The standard InChI is InChI=1S/C18H27N5O2/c1-3-19-18-20-13(2)12-16(21-18)22-8-10-23(11-9-22)17(25)14-4-6-15(24)7-5-14/h12,14H,3-11H2,1-2H3,(H,19,20,21). The lowest BCUT2D eigenvalue weighted by Crippen LogP contribution is -2.51. The first-order chi connectivity index (χ1) is 12.1. The van der Waals surface area contributed by atoms with Crippen molar-refractivity contribution < 1.29 is 9.59 Å². The van der Waals surface area contributed by atoms with Gasteiger partial charge in [0, 0.05) is 63.2 Å². The molecule has 2 heterocycles. The number of carbonyl (C=O) groups is 2. The molecule has 1 aromatic rings. The summed E-state index contributed by atoms with van der Waals surface area (Å²) in [6, 6.07) is 1.99. The molecule has 7 nitrogen and oxygen atoms in total. The van der Waals surface area contributed by atoms with Crippen LogP contribution in [-0.2, 0) is 9.59 Å². The van der Waals surface area contributed by atoms with E-state index < -0.39 is 0 Å². The Morgan fingerprint density at radius 2 is 1.88 bits per heavy atom. The quantitative estimate of drug-likeness (QED) is 0.893. The number of nitrogens with one attached hydrogen (secondary N) is 1. The van der Waals surface area contributed by atoms with Gasteiger partial charge in [0.25, 0.3) is 0 Å². The molecule has 0 spiro atoms. The van der Waals surface area contributed by atoms with Crippen molar-refractivity contribution >= 4 is 23.5 Å². The topological polar surface area (TPSA) is 78.4 Å². The Hall–Kier alpha value is -2.18. The van der Waals surface area contributed by atoms with Crippen LogP contribution in [0.3, 0.4) is 0 Å². The first kappa shape index (κ1) is 17.6. The smallest absolute Gasteiger partial charge is 0.225 e. The second-order valence-electron chi connectivity index (χ2n) is 6.85. The first-order valence-corrected chi connectivity index (χ1v) is 9.22. The van der Waals surface area contributed by atoms with Gasteiger partial charge in [-0.1, -0.05) is 0 Å². The molecule has 136 valence electrons. The molecule has 1 saturated carbocycles. The van der Waals surface area contributed by atoms with Crippen LogP contribution in [0, 0.1) is 12.8 Å². The molecule has 0 bridgehead atoms. The number of Topliss-reactive ketones (excluding diaryl/α,β-unsaturated/α-hetero) is 1. The van der Waals surface area contributed by atoms with Gasteiger partial charge in [0.1, 0.15) is 11.6 Å². The second kappa shape index (κ2) is 7.80. The van der Waals surface area contributed by atoms with Crippen molar-refractivity contribution in [3.63, 3.8) is 0 Å². The number of nitrogens with zero attached hydrogens (tertiary/aromatic N) is 4. The van der Waals surface area contributed by atoms with E-state index in [9.17, 15) is 9.59 Å². The Bertz CT molecular complexity index is 630. The van der Waals surface area contributed by atoms with Gasteiger partial charge >= 0.3 is 0 Å². The Morgan fingerprint density at radius 3 is 2.52 bits per heavy atom. The number of hydrogen-bond donors (Lipinski definition) is 1. The zero-order valence-electron chi connectivity index (χ0n) is 15.1. The van der Waals surface area contributed by atoms with E-state index in [-0.39, 0.29) is 11.8 Å². The Balaban J connectivity index is 1.58. The maximum Gasteiger partial charge on any atom is 0.225 e. The summed E-state index contributed by atoms with van der Waals surface area (Å²) in [4.78, 5) is 37.1. The van der Waals surface area contributed by atoms with Crippen molar-refractivity contribution in [1.29, 1.82) is 0 Å². The largest absolute Gasteiger partial charge is 0.354 e. The van der Waals surface area contributed by atoms with E-state index in [1.54, 1.807) is 0 Å². The number of aryl methyl sites for hydroxylation is 1. The average Bonchev–Trinajstić information content (AvgIpc) is 2.62. The molecule has 0 atom stereocenters. The molecule has 1 aliphatic heterocycles. The Morgan fingerprint density at radius 1 is 1.20 bits per heavy atom. The predicted molar refractivity (Wildman–Crippen MR) is 96.7 cm³/mol. The van der Waals surface area contributed by atoms with E-state index in [1.165, 1.54) is 0 Å². The third-order valence-corrected chi connectivity index (χ3v) is 4.98. The fourth-order valence-electron chi connectivity index (χ4n) is 3.55. The normalized spacial score (nSPS) is 19.2. The SMILES string of the molecule is CCNc1nc(C)cc(N2CCN(C(=O)C3CCC(=O)CC3)CC2)n1. The minimum Gasteiger partial charge on any atom is -0.354 e. The lowest BCUT2D eigenvalue weighted by molar-refractivity contribution is -0.137. The average molecular weight is 345 g/mol. The number of carbonyl (C=O) groups excluding carboxylic acids is 2. The molecule has 1 amide bonds. The van der Waals surface area contributed by atoms with Gasteiger partial charge in [-0.2, -0.15) is 4.98 Å². The van der Waals surface area contributed by atoms with Crippen molar-refractivity contribution in [2.45, 2.75) is 39.5 Å². The van der Waals surface area contributed by atoms with Gasteiger partial charge in [-0.25, -0.2) is 4.98 Å². The van der Waals surface area contributed by atoms with Crippen molar-refractivity contribution in [1.82, 2.24) is 14.9 Å². The lowest BCUT2D eigenvalue weighted by atomic mass is 9.87. The molecule has 1 aromatic heterocycles. The molecule has 2 fully saturated rings. The lowest BCUT2D eigenvalue weighted by Gasteiger charge is -2.37. The molecular weight excluding hydrogens is 318 g/mol. The van der Waals surface area contributed by atoms with Gasteiger partial charge in [-0.05, 0) is 26.7 Å². The number of amides is 1. The van der Waals surface area contributed by atoms with Crippen LogP contribution in [0.2, 0.25) is 0 Å². The molecular formula is C18H27N5O2. The molecule has 1 N–H and O–H groups in total. The summed E-state index contributed by atoms with van der Waals surface area (Å²) >= 11 is 0. The highest BCUT2D eigenvalue weighted by molar-refractivity contribution is 5.84. The van der Waals surface area contributed by atoms with E-state index in [2.05, 4.69) is 20.2 Å². The molecule has 0 radical (unpaired) electrons. The Labute approximate surface area is 148 Å². The summed E-state index contributed by atoms with van der Waals surface area (Å²) in [5.74, 6) is 2.12. The van der Waals surface area contributed by atoms with Crippen LogP contribution in [0.1, 0.15) is 38.3 Å². The summed E-state index contributed by atoms with van der Waals surface area (Å²) in [7, 11) is 0. The van der Waals surface area contributed by atoms with Gasteiger partial charge in [-0.3, -0.25) is 9.59 Å². The zero-order valence-corrected chi connectivity index (χ0v) is 15.1. The number of aromatic nitrogens is 2. The van der Waals surface area contributed by atoms with Gasteiger partial charge in [-0.15, -0.1) is 0 Å². The summed E-state index contributed by atoms with van der Waals surface area (Å²) in [5.41, 5.74) is 0.936. The van der Waals surface area contributed by atoms with Crippen molar-refractivity contribution in [2.75, 3.05) is 42.9 Å². The molecule has 25 heavy (non-hydrogen) atoms. The highest BCUT2D eigenvalue weighted by Gasteiger charge is 2.30. The number of ketones is 1. The zero-order chi connectivity index (χ0) is 17.8. The van der Waals surface area contributed by atoms with Crippen LogP contribution >= 0.6 is 0 Å². The minimum atomic E-state index is 0.0332. The van der Waals surface area contributed by atoms with Crippen LogP contribution < -0.4 is 10.2 Å². The molecule has 2 aliphatic rings. The van der Waals surface area contributed by atoms with Crippen LogP contribution in [0.15, 0.2) is 6.07 Å². The third-order valence-electron chi connectivity index (χ3n) is 4.98. The second-order valence-corrected chi connectivity index (χ2v) is 6.85. The fraction of sp³-hybridized carbons (Fsp3) is 0.667. The Kier molecular flexibility index (Phi) is 5.50. The van der Waals surface area contributed by atoms with Gasteiger partial charge in [0.15, 0.2) is 0 Å². The van der Waals surface area contributed by atoms with Gasteiger partial charge in [0.2, 0.25) is 11.9 Å². The van der Waals surface area contributed by atoms with E-state index in [0.29, 0.717) is 37.7 Å². The molecule has 7 heteroatoms. The van der Waals surface area contributed by atoms with E-state index >= 15 is 0 Å². The first-order valence-electron chi connectivity index (χ1n) is 9.22. The fourth-order valence-corrected chi connectivity index (χ4v) is 3.55. The van der Waals surface area contributed by atoms with Crippen molar-refractivity contribution in [3.05, 3.63) is 11.8 Å². The highest BCUT2D eigenvalue weighted by atomic mass is 16.2. The maximum atomic E-state index is 12.7. The molecule has 0 aromatic carbocycles. The molecule has 1 saturated heterocycles. The summed E-state index contributed by atoms with van der Waals surface area (Å²) in [6.45, 7) is 7.75. The van der Waals surface area contributed by atoms with E-state index in [4.69, 9.17) is 0 Å². The molecule has 0 unspecified atom stereocenters. The maximum absolute atomic E-state index is 12.7. The number of anilines is 2. The highest BCUT2D eigenvalue weighted by Crippen LogP contribution is 2.25. The van der Waals surface area contributed by atoms with E-state index in [0.717, 1.165) is 44.0 Å². The van der Waals surface area contributed by atoms with Gasteiger partial charge < -0.3 is 15.1 Å². The van der Waals surface area contributed by atoms with Crippen molar-refractivity contribution in [2.24, 2.45) is 5.92 Å². The predicted octanol–water partition coefficient (Wildman–Crippen LogP) is 1.62. The monoisotopic (exact) mass is 345 g/mol. The summed E-state index contributed by atoms with van der Waals surface area (Å²) in [5, 5.41) is 3.16. The van der Waals surface area contributed by atoms with Crippen LogP contribution in [0.4, 0.5) is 11.8 Å². The van der Waals surface area contributed by atoms with Crippen LogP contribution in [0.5, 0.6) is 0 Å². The van der Waals surface area contributed by atoms with E-state index in [1.807, 2.05) is 24.8 Å². The summed E-state index contributed by atoms with van der Waals surface area (Å²) < 4.78 is 0. The third kappa shape index (κ3) is 4.27. The number of piperazine rings is 1. The molecule has 1 aliphatic carbocycles. The number of hydrogen-bond acceptors (Lipinski definition) is 6. The van der Waals surface area contributed by atoms with Crippen LogP contribution in [0.25, 0.3) is 0 Å². The summed E-state index contributed by atoms with van der Waals surface area (Å²) in [6.07, 6.45) is 2.55. The molecule has 3 rings (SSSR count). The van der Waals surface area contributed by atoms with Crippen LogP contribution in [-0.4, -0.2) is 59.3 Å². The number of rotatable bonds is 4. The minimum absolute atomic E-state index is 0.0332. The van der Waals surface area contributed by atoms with Gasteiger partial charge in [0.05, 0.1) is 0 Å². The van der Waals surface area contributed by atoms with Crippen molar-refractivity contribution in [3.8, 4) is 0 Å².